The maximum atomic E-state index is 5.52. The van der Waals surface area contributed by atoms with Crippen molar-refractivity contribution in [3.8, 4) is 21.1 Å². The maximum absolute atomic E-state index is 5.52. The third-order valence-electron chi connectivity index (χ3n) is 4.55. The minimum absolute atomic E-state index is 0.0459. The molecule has 3 aromatic rings. The smallest absolute Gasteiger partial charge is 0.125 e. The van der Waals surface area contributed by atoms with Gasteiger partial charge in [0, 0.05) is 38.0 Å². The second-order valence-corrected chi connectivity index (χ2v) is 8.10. The minimum Gasteiger partial charge on any atom is -0.393 e. The number of hydrogen-bond acceptors (Lipinski definition) is 7. The molecule has 4 rings (SSSR count). The first-order chi connectivity index (χ1) is 13.5. The van der Waals surface area contributed by atoms with Crippen molar-refractivity contribution in [1.29, 1.82) is 0 Å². The zero-order valence-electron chi connectivity index (χ0n) is 16.5. The fourth-order valence-electron chi connectivity index (χ4n) is 3.12. The van der Waals surface area contributed by atoms with E-state index >= 15 is 0 Å². The summed E-state index contributed by atoms with van der Waals surface area (Å²) in [6.45, 7) is 6.88. The highest BCUT2D eigenvalue weighted by atomic mass is 32.1. The van der Waals surface area contributed by atoms with Crippen molar-refractivity contribution in [1.82, 2.24) is 15.0 Å². The molecular weight excluding hydrogens is 370 g/mol. The van der Waals surface area contributed by atoms with Gasteiger partial charge in [-0.3, -0.25) is 4.98 Å². The van der Waals surface area contributed by atoms with Gasteiger partial charge in [0.25, 0.3) is 0 Å². The van der Waals surface area contributed by atoms with Gasteiger partial charge in [-0.15, -0.1) is 11.3 Å². The van der Waals surface area contributed by atoms with Crippen LogP contribution in [0, 0.1) is 6.92 Å². The van der Waals surface area contributed by atoms with E-state index in [1.807, 2.05) is 39.1 Å². The second kappa shape index (κ2) is 7.67. The van der Waals surface area contributed by atoms with Crippen LogP contribution in [0.4, 0.5) is 5.69 Å². The van der Waals surface area contributed by atoms with Crippen LogP contribution in [0.1, 0.15) is 31.7 Å². The Morgan fingerprint density at radius 2 is 2.07 bits per heavy atom. The van der Waals surface area contributed by atoms with Crippen LogP contribution in [-0.2, 0) is 4.84 Å². The monoisotopic (exact) mass is 393 g/mol. The third-order valence-corrected chi connectivity index (χ3v) is 5.78. The summed E-state index contributed by atoms with van der Waals surface area (Å²) >= 11 is 1.64. The second-order valence-electron chi connectivity index (χ2n) is 7.10. The molecule has 7 heteroatoms. The molecule has 0 saturated carbocycles. The first-order valence-corrected chi connectivity index (χ1v) is 10.2. The molecule has 0 aliphatic carbocycles. The Bertz CT molecular complexity index is 1010. The van der Waals surface area contributed by atoms with Gasteiger partial charge in [0.1, 0.15) is 22.5 Å². The summed E-state index contributed by atoms with van der Waals surface area (Å²) in [6, 6.07) is 8.13. The molecule has 144 valence electrons. The number of aryl methyl sites for hydroxylation is 1. The normalized spacial score (nSPS) is 15.2. The van der Waals surface area contributed by atoms with E-state index in [0.717, 1.165) is 56.9 Å². The Hall–Kier alpha value is -2.80. The van der Waals surface area contributed by atoms with Crippen molar-refractivity contribution in [2.45, 2.75) is 33.3 Å². The van der Waals surface area contributed by atoms with Crippen molar-refractivity contribution in [2.24, 2.45) is 5.16 Å². The van der Waals surface area contributed by atoms with Crippen LogP contribution < -0.4 is 4.90 Å². The van der Waals surface area contributed by atoms with E-state index in [2.05, 4.69) is 34.2 Å². The molecule has 0 bridgehead atoms. The number of oxime groups is 1. The highest BCUT2D eigenvalue weighted by Crippen LogP contribution is 2.36. The highest BCUT2D eigenvalue weighted by molar-refractivity contribution is 7.18. The summed E-state index contributed by atoms with van der Waals surface area (Å²) in [7, 11) is 2.08. The van der Waals surface area contributed by atoms with E-state index in [9.17, 15) is 0 Å². The van der Waals surface area contributed by atoms with Crippen molar-refractivity contribution in [2.75, 3.05) is 18.5 Å². The van der Waals surface area contributed by atoms with E-state index in [1.165, 1.54) is 0 Å². The SMILES string of the molecule is Cc1nc(-c2cccnc2)sc1-c1ccc2c(n1)C(=NOC(C)C)CCN2C. The van der Waals surface area contributed by atoms with Gasteiger partial charge in [-0.05, 0) is 45.0 Å². The standard InChI is InChI=1S/C21H23N5OS/c1-13(2)27-25-16-9-11-26(4)18-8-7-17(24-19(16)18)20-14(3)23-21(28-20)15-6-5-10-22-12-15/h5-8,10,12-13H,9,11H2,1-4H3. The Kier molecular flexibility index (Phi) is 5.09. The quantitative estimate of drug-likeness (QED) is 0.609. The molecule has 1 aliphatic heterocycles. The number of aromatic nitrogens is 3. The van der Waals surface area contributed by atoms with Gasteiger partial charge in [-0.2, -0.15) is 0 Å². The Morgan fingerprint density at radius 1 is 1.21 bits per heavy atom. The Labute approximate surface area is 168 Å². The van der Waals surface area contributed by atoms with Crippen molar-refractivity contribution in [3.05, 3.63) is 48.0 Å². The van der Waals surface area contributed by atoms with Crippen LogP contribution in [0.25, 0.3) is 21.1 Å². The molecule has 0 aromatic carbocycles. The van der Waals surface area contributed by atoms with Gasteiger partial charge in [-0.25, -0.2) is 9.97 Å². The largest absolute Gasteiger partial charge is 0.393 e. The number of hydrogen-bond donors (Lipinski definition) is 0. The van der Waals surface area contributed by atoms with Crippen LogP contribution >= 0.6 is 11.3 Å². The third kappa shape index (κ3) is 3.62. The van der Waals surface area contributed by atoms with Gasteiger partial charge < -0.3 is 9.74 Å². The van der Waals surface area contributed by atoms with Crippen LogP contribution in [0.5, 0.6) is 0 Å². The first kappa shape index (κ1) is 18.6. The van der Waals surface area contributed by atoms with Crippen LogP contribution in [-0.4, -0.2) is 40.4 Å². The van der Waals surface area contributed by atoms with Gasteiger partial charge in [0.05, 0.1) is 22.0 Å². The molecule has 6 nitrogen and oxygen atoms in total. The number of fused-ring (bicyclic) bond motifs is 1. The average molecular weight is 394 g/mol. The topological polar surface area (TPSA) is 63.5 Å². The fraction of sp³-hybridized carbons (Fsp3) is 0.333. The summed E-state index contributed by atoms with van der Waals surface area (Å²) in [4.78, 5) is 22.7. The lowest BCUT2D eigenvalue weighted by atomic mass is 10.0. The van der Waals surface area contributed by atoms with Gasteiger partial charge in [0.2, 0.25) is 0 Å². The van der Waals surface area contributed by atoms with E-state index in [1.54, 1.807) is 17.5 Å². The van der Waals surface area contributed by atoms with Crippen LogP contribution in [0.3, 0.4) is 0 Å². The lowest BCUT2D eigenvalue weighted by Gasteiger charge is -2.27. The zero-order chi connectivity index (χ0) is 19.7. The summed E-state index contributed by atoms with van der Waals surface area (Å²) in [5.74, 6) is 0. The van der Waals surface area contributed by atoms with E-state index < -0.39 is 0 Å². The van der Waals surface area contributed by atoms with E-state index in [0.29, 0.717) is 0 Å². The molecule has 3 aromatic heterocycles. The summed E-state index contributed by atoms with van der Waals surface area (Å²) in [5.41, 5.74) is 5.78. The van der Waals surface area contributed by atoms with Crippen molar-refractivity contribution < 1.29 is 4.84 Å². The lowest BCUT2D eigenvalue weighted by Crippen LogP contribution is -2.30. The highest BCUT2D eigenvalue weighted by Gasteiger charge is 2.23. The molecular formula is C21H23N5OS. The minimum atomic E-state index is 0.0459. The van der Waals surface area contributed by atoms with Crippen LogP contribution in [0.15, 0.2) is 41.8 Å². The van der Waals surface area contributed by atoms with E-state index in [-0.39, 0.29) is 6.10 Å². The number of anilines is 1. The molecule has 0 amide bonds. The van der Waals surface area contributed by atoms with Crippen molar-refractivity contribution in [3.63, 3.8) is 0 Å². The van der Waals surface area contributed by atoms with Crippen molar-refractivity contribution >= 4 is 22.7 Å². The fourth-order valence-corrected chi connectivity index (χ4v) is 4.14. The molecule has 1 aliphatic rings. The molecule has 0 fully saturated rings. The molecule has 0 N–H and O–H groups in total. The number of nitrogens with zero attached hydrogens (tertiary/aromatic N) is 5. The lowest BCUT2D eigenvalue weighted by molar-refractivity contribution is 0.0855. The van der Waals surface area contributed by atoms with Gasteiger partial charge in [-0.1, -0.05) is 5.16 Å². The number of rotatable bonds is 4. The van der Waals surface area contributed by atoms with E-state index in [4.69, 9.17) is 14.8 Å². The first-order valence-electron chi connectivity index (χ1n) is 9.36. The van der Waals surface area contributed by atoms with Crippen LogP contribution in [0.2, 0.25) is 0 Å². The molecule has 0 unspecified atom stereocenters. The molecule has 0 radical (unpaired) electrons. The predicted molar refractivity (Wildman–Crippen MR) is 114 cm³/mol. The Balaban J connectivity index is 1.75. The number of thiazole rings is 1. The maximum Gasteiger partial charge on any atom is 0.125 e. The summed E-state index contributed by atoms with van der Waals surface area (Å²) < 4.78 is 0. The zero-order valence-corrected chi connectivity index (χ0v) is 17.3. The summed E-state index contributed by atoms with van der Waals surface area (Å²) in [5, 5.41) is 5.33. The predicted octanol–water partition coefficient (Wildman–Crippen LogP) is 4.54. The molecule has 28 heavy (non-hydrogen) atoms. The molecule has 0 atom stereocenters. The summed E-state index contributed by atoms with van der Waals surface area (Å²) in [6.07, 6.45) is 4.47. The molecule has 4 heterocycles. The van der Waals surface area contributed by atoms with Gasteiger partial charge in [0.15, 0.2) is 0 Å². The number of pyridine rings is 2. The Morgan fingerprint density at radius 3 is 2.82 bits per heavy atom. The molecule has 0 saturated heterocycles. The average Bonchev–Trinajstić information content (AvgIpc) is 3.09. The van der Waals surface area contributed by atoms with Gasteiger partial charge >= 0.3 is 0 Å². The molecule has 0 spiro atoms.